The van der Waals surface area contributed by atoms with E-state index in [4.69, 9.17) is 4.74 Å². The molecule has 4 heteroatoms. The molecule has 20 heavy (non-hydrogen) atoms. The molecule has 2 aliphatic heterocycles. The third-order valence-electron chi connectivity index (χ3n) is 4.25. The summed E-state index contributed by atoms with van der Waals surface area (Å²) in [6.07, 6.45) is 2.51. The van der Waals surface area contributed by atoms with Gasteiger partial charge in [-0.15, -0.1) is 0 Å². The molecular weight excluding hydrogens is 252 g/mol. The molecule has 0 aromatic heterocycles. The Morgan fingerprint density at radius 1 is 1.20 bits per heavy atom. The number of amides is 1. The normalized spacial score (nSPS) is 21.4. The summed E-state index contributed by atoms with van der Waals surface area (Å²) in [4.78, 5) is 16.5. The number of carbonyl (C=O) groups is 1. The first-order chi connectivity index (χ1) is 9.49. The van der Waals surface area contributed by atoms with Gasteiger partial charge in [0.1, 0.15) is 12.4 Å². The molecule has 1 saturated heterocycles. The fourth-order valence-corrected chi connectivity index (χ4v) is 2.95. The fraction of sp³-hybridized carbons (Fsp3) is 0.562. The van der Waals surface area contributed by atoms with E-state index in [1.54, 1.807) is 4.90 Å². The highest BCUT2D eigenvalue weighted by molar-refractivity contribution is 5.99. The maximum atomic E-state index is 12.4. The van der Waals surface area contributed by atoms with Crippen LogP contribution in [0.3, 0.4) is 0 Å². The first kappa shape index (κ1) is 13.3. The summed E-state index contributed by atoms with van der Waals surface area (Å²) < 4.78 is 5.92. The second-order valence-electron chi connectivity index (χ2n) is 6.38. The van der Waals surface area contributed by atoms with E-state index in [9.17, 15) is 4.79 Å². The number of ether oxygens (including phenoxy) is 1. The Balaban J connectivity index is 1.96. The Morgan fingerprint density at radius 3 is 2.60 bits per heavy atom. The second-order valence-corrected chi connectivity index (χ2v) is 6.38. The number of nitrogens with zero attached hydrogens (tertiary/aromatic N) is 2. The van der Waals surface area contributed by atoms with Gasteiger partial charge >= 0.3 is 0 Å². The quantitative estimate of drug-likeness (QED) is 0.789. The van der Waals surface area contributed by atoms with Gasteiger partial charge in [-0.3, -0.25) is 4.79 Å². The average molecular weight is 274 g/mol. The van der Waals surface area contributed by atoms with E-state index in [1.807, 2.05) is 27.0 Å². The highest BCUT2D eigenvalue weighted by Gasteiger charge is 2.36. The molecule has 2 heterocycles. The van der Waals surface area contributed by atoms with Crippen LogP contribution in [0.2, 0.25) is 0 Å². The number of benzene rings is 1. The van der Waals surface area contributed by atoms with Crippen molar-refractivity contribution in [2.45, 2.75) is 26.7 Å². The van der Waals surface area contributed by atoms with Crippen LogP contribution in [0.4, 0.5) is 11.4 Å². The third-order valence-corrected chi connectivity index (χ3v) is 4.25. The van der Waals surface area contributed by atoms with Crippen molar-refractivity contribution in [3.05, 3.63) is 18.2 Å². The van der Waals surface area contributed by atoms with Gasteiger partial charge in [-0.1, -0.05) is 0 Å². The van der Waals surface area contributed by atoms with Crippen molar-refractivity contribution in [3.63, 3.8) is 0 Å². The third kappa shape index (κ3) is 2.13. The summed E-state index contributed by atoms with van der Waals surface area (Å²) in [6.45, 7) is 6.50. The number of anilines is 2. The highest BCUT2D eigenvalue weighted by Crippen LogP contribution is 2.38. The summed E-state index contributed by atoms with van der Waals surface area (Å²) >= 11 is 0. The van der Waals surface area contributed by atoms with Crippen LogP contribution in [0.1, 0.15) is 26.7 Å². The average Bonchev–Trinajstić information content (AvgIpc) is 2.95. The molecule has 0 unspecified atom stereocenters. The zero-order valence-corrected chi connectivity index (χ0v) is 12.5. The molecule has 0 radical (unpaired) electrons. The summed E-state index contributed by atoms with van der Waals surface area (Å²) in [5.41, 5.74) is 1.58. The fourth-order valence-electron chi connectivity index (χ4n) is 2.95. The van der Waals surface area contributed by atoms with E-state index in [-0.39, 0.29) is 5.91 Å². The van der Waals surface area contributed by atoms with Gasteiger partial charge in [-0.25, -0.2) is 0 Å². The Hall–Kier alpha value is -1.71. The molecule has 1 aromatic rings. The van der Waals surface area contributed by atoms with Crippen molar-refractivity contribution in [3.8, 4) is 5.75 Å². The molecule has 1 fully saturated rings. The predicted octanol–water partition coefficient (Wildman–Crippen LogP) is 2.67. The molecule has 3 rings (SSSR count). The standard InChI is InChI=1S/C16H22N2O2/c1-16(2)11-20-14-10-12(18-8-4-5-9-18)6-7-13(14)17(3)15(16)19/h6-7,10H,4-5,8-9,11H2,1-3H3. The smallest absolute Gasteiger partial charge is 0.235 e. The van der Waals surface area contributed by atoms with Gasteiger partial charge < -0.3 is 14.5 Å². The van der Waals surface area contributed by atoms with Gasteiger partial charge in [-0.2, -0.15) is 0 Å². The second kappa shape index (κ2) is 4.69. The minimum absolute atomic E-state index is 0.102. The van der Waals surface area contributed by atoms with Crippen molar-refractivity contribution in [2.24, 2.45) is 5.41 Å². The Labute approximate surface area is 120 Å². The molecule has 108 valence electrons. The summed E-state index contributed by atoms with van der Waals surface area (Å²) in [5.74, 6) is 0.918. The topological polar surface area (TPSA) is 32.8 Å². The van der Waals surface area contributed by atoms with Crippen molar-refractivity contribution in [1.29, 1.82) is 0 Å². The highest BCUT2D eigenvalue weighted by atomic mass is 16.5. The molecule has 0 spiro atoms. The van der Waals surface area contributed by atoms with Crippen LogP contribution in [0.5, 0.6) is 5.75 Å². The van der Waals surface area contributed by atoms with Gasteiger partial charge in [0, 0.05) is 31.9 Å². The molecule has 2 aliphatic rings. The predicted molar refractivity (Wildman–Crippen MR) is 80.6 cm³/mol. The Morgan fingerprint density at radius 2 is 1.90 bits per heavy atom. The van der Waals surface area contributed by atoms with E-state index in [2.05, 4.69) is 17.0 Å². The number of fused-ring (bicyclic) bond motifs is 1. The van der Waals surface area contributed by atoms with Crippen LogP contribution in [0.15, 0.2) is 18.2 Å². The molecule has 1 amide bonds. The number of hydrogen-bond donors (Lipinski definition) is 0. The van der Waals surface area contributed by atoms with Crippen LogP contribution in [0, 0.1) is 5.41 Å². The van der Waals surface area contributed by atoms with Gasteiger partial charge in [0.25, 0.3) is 0 Å². The maximum absolute atomic E-state index is 12.4. The largest absolute Gasteiger partial charge is 0.490 e. The summed E-state index contributed by atoms with van der Waals surface area (Å²) in [7, 11) is 1.83. The minimum Gasteiger partial charge on any atom is -0.490 e. The lowest BCUT2D eigenvalue weighted by atomic mass is 9.93. The lowest BCUT2D eigenvalue weighted by Crippen LogP contribution is -2.39. The van der Waals surface area contributed by atoms with Crippen LogP contribution in [0.25, 0.3) is 0 Å². The molecule has 4 nitrogen and oxygen atoms in total. The lowest BCUT2D eigenvalue weighted by molar-refractivity contribution is -0.127. The minimum atomic E-state index is -0.485. The molecule has 0 saturated carbocycles. The van der Waals surface area contributed by atoms with E-state index in [0.717, 1.165) is 24.5 Å². The summed E-state index contributed by atoms with van der Waals surface area (Å²) in [6, 6.07) is 6.17. The molecule has 0 bridgehead atoms. The van der Waals surface area contributed by atoms with Gasteiger partial charge in [0.05, 0.1) is 11.1 Å². The monoisotopic (exact) mass is 274 g/mol. The number of rotatable bonds is 1. The molecule has 0 N–H and O–H groups in total. The Kier molecular flexibility index (Phi) is 3.11. The number of carbonyl (C=O) groups excluding carboxylic acids is 1. The van der Waals surface area contributed by atoms with Gasteiger partial charge in [0.15, 0.2) is 0 Å². The zero-order chi connectivity index (χ0) is 14.3. The van der Waals surface area contributed by atoms with Crippen molar-refractivity contribution < 1.29 is 9.53 Å². The molecular formula is C16H22N2O2. The first-order valence-electron chi connectivity index (χ1n) is 7.29. The molecule has 0 atom stereocenters. The SMILES string of the molecule is CN1C(=O)C(C)(C)COc2cc(N3CCCC3)ccc21. The van der Waals surface area contributed by atoms with E-state index in [1.165, 1.54) is 18.5 Å². The zero-order valence-electron chi connectivity index (χ0n) is 12.5. The van der Waals surface area contributed by atoms with Crippen LogP contribution in [-0.4, -0.2) is 32.7 Å². The van der Waals surface area contributed by atoms with Crippen molar-refractivity contribution in [1.82, 2.24) is 0 Å². The van der Waals surface area contributed by atoms with E-state index >= 15 is 0 Å². The molecule has 0 aliphatic carbocycles. The van der Waals surface area contributed by atoms with Crippen LogP contribution in [-0.2, 0) is 4.79 Å². The van der Waals surface area contributed by atoms with Gasteiger partial charge in [-0.05, 0) is 38.8 Å². The lowest BCUT2D eigenvalue weighted by Gasteiger charge is -2.24. The number of hydrogen-bond acceptors (Lipinski definition) is 3. The van der Waals surface area contributed by atoms with Crippen molar-refractivity contribution in [2.75, 3.05) is 36.5 Å². The summed E-state index contributed by atoms with van der Waals surface area (Å²) in [5, 5.41) is 0. The Bertz CT molecular complexity index is 533. The van der Waals surface area contributed by atoms with Crippen molar-refractivity contribution >= 4 is 17.3 Å². The first-order valence-corrected chi connectivity index (χ1v) is 7.29. The van der Waals surface area contributed by atoms with Crippen LogP contribution >= 0.6 is 0 Å². The van der Waals surface area contributed by atoms with Crippen LogP contribution < -0.4 is 14.5 Å². The maximum Gasteiger partial charge on any atom is 0.235 e. The molecule has 1 aromatic carbocycles. The van der Waals surface area contributed by atoms with E-state index < -0.39 is 5.41 Å². The van der Waals surface area contributed by atoms with Gasteiger partial charge in [0.2, 0.25) is 5.91 Å². The van der Waals surface area contributed by atoms with E-state index in [0.29, 0.717) is 6.61 Å².